The summed E-state index contributed by atoms with van der Waals surface area (Å²) < 4.78 is 0. The molecule has 0 aliphatic rings. The van der Waals surface area contributed by atoms with Crippen LogP contribution in [0.2, 0.25) is 0 Å². The maximum absolute atomic E-state index is 13.1. The average Bonchev–Trinajstić information content (AvgIpc) is 2.76. The summed E-state index contributed by atoms with van der Waals surface area (Å²) in [5.41, 5.74) is 6.26. The summed E-state index contributed by atoms with van der Waals surface area (Å²) in [6, 6.07) is 2.18. The molecule has 4 atom stereocenters. The lowest BCUT2D eigenvalue weighted by Crippen LogP contribution is -2.57. The molecule has 10 nitrogen and oxygen atoms in total. The number of aromatic hydroxyl groups is 1. The number of hydrogen-bond acceptors (Lipinski definition) is 7. The molecule has 0 aliphatic heterocycles. The van der Waals surface area contributed by atoms with Gasteiger partial charge in [-0.15, -0.1) is 0 Å². The molecule has 1 aromatic carbocycles. The Bertz CT molecular complexity index is 831. The highest BCUT2D eigenvalue weighted by atomic mass is 32.2. The molecule has 0 heterocycles. The van der Waals surface area contributed by atoms with Crippen molar-refractivity contribution in [3.63, 3.8) is 0 Å². The molecule has 0 fully saturated rings. The smallest absolute Gasteiger partial charge is 0.326 e. The second kappa shape index (κ2) is 14.5. The van der Waals surface area contributed by atoms with Crippen LogP contribution in [0.4, 0.5) is 0 Å². The zero-order chi connectivity index (χ0) is 25.8. The lowest BCUT2D eigenvalue weighted by atomic mass is 10.0. The monoisotopic (exact) mass is 496 g/mol. The molecule has 0 aromatic heterocycles. The third-order valence-electron chi connectivity index (χ3n) is 4.99. The number of carbonyl (C=O) groups is 4. The van der Waals surface area contributed by atoms with Crippen molar-refractivity contribution in [2.24, 2.45) is 11.7 Å². The summed E-state index contributed by atoms with van der Waals surface area (Å²) in [5, 5.41) is 26.8. The Morgan fingerprint density at radius 2 is 1.44 bits per heavy atom. The number of benzene rings is 1. The van der Waals surface area contributed by atoms with Crippen molar-refractivity contribution >= 4 is 35.5 Å². The molecule has 11 heteroatoms. The Kier molecular flexibility index (Phi) is 12.4. The summed E-state index contributed by atoms with van der Waals surface area (Å²) in [6.45, 7) is 5.19. The van der Waals surface area contributed by atoms with Crippen LogP contribution in [0.1, 0.15) is 39.2 Å². The predicted molar refractivity (Wildman–Crippen MR) is 131 cm³/mol. The van der Waals surface area contributed by atoms with Gasteiger partial charge >= 0.3 is 5.97 Å². The van der Waals surface area contributed by atoms with Gasteiger partial charge in [0.1, 0.15) is 23.9 Å². The van der Waals surface area contributed by atoms with Gasteiger partial charge in [0.05, 0.1) is 6.04 Å². The fraction of sp³-hybridized carbons (Fsp3) is 0.565. The van der Waals surface area contributed by atoms with Crippen LogP contribution in [0.3, 0.4) is 0 Å². The van der Waals surface area contributed by atoms with Crippen LogP contribution in [0.15, 0.2) is 24.3 Å². The lowest BCUT2D eigenvalue weighted by Gasteiger charge is -2.25. The average molecular weight is 497 g/mol. The third kappa shape index (κ3) is 10.4. The van der Waals surface area contributed by atoms with Gasteiger partial charge in [0, 0.05) is 6.42 Å². The fourth-order valence-electron chi connectivity index (χ4n) is 3.12. The molecule has 0 saturated heterocycles. The number of nitrogens with one attached hydrogen (secondary N) is 3. The van der Waals surface area contributed by atoms with Crippen LogP contribution in [0, 0.1) is 5.92 Å². The summed E-state index contributed by atoms with van der Waals surface area (Å²) in [4.78, 5) is 49.8. The van der Waals surface area contributed by atoms with Crippen LogP contribution >= 0.6 is 11.8 Å². The van der Waals surface area contributed by atoms with E-state index in [1.807, 2.05) is 20.1 Å². The predicted octanol–water partition coefficient (Wildman–Crippen LogP) is 0.620. The molecule has 0 aliphatic carbocycles. The molecule has 34 heavy (non-hydrogen) atoms. The highest BCUT2D eigenvalue weighted by molar-refractivity contribution is 7.98. The van der Waals surface area contributed by atoms with E-state index in [-0.39, 0.29) is 24.5 Å². The van der Waals surface area contributed by atoms with Crippen LogP contribution in [-0.2, 0) is 25.6 Å². The topological polar surface area (TPSA) is 171 Å². The quantitative estimate of drug-likeness (QED) is 0.218. The first-order valence-corrected chi connectivity index (χ1v) is 12.5. The molecule has 0 bridgehead atoms. The first-order chi connectivity index (χ1) is 15.9. The van der Waals surface area contributed by atoms with E-state index >= 15 is 0 Å². The van der Waals surface area contributed by atoms with Gasteiger partial charge < -0.3 is 31.9 Å². The standard InChI is InChI=1S/C23H36N4O6S/c1-13(2)11-19(23(32)33)27-22(31)18(12-15-5-7-16(28)8-6-15)26-21(30)17(9-10-34-4)25-20(29)14(3)24/h5-8,13-14,17-19,28H,9-12,24H2,1-4H3,(H,25,29)(H,26,30)(H,27,31)(H,32,33). The Morgan fingerprint density at radius 3 is 1.94 bits per heavy atom. The third-order valence-corrected chi connectivity index (χ3v) is 5.63. The van der Waals surface area contributed by atoms with Gasteiger partial charge in [-0.05, 0) is 55.4 Å². The van der Waals surface area contributed by atoms with Crippen molar-refractivity contribution in [3.05, 3.63) is 29.8 Å². The minimum atomic E-state index is -1.17. The van der Waals surface area contributed by atoms with E-state index in [9.17, 15) is 29.4 Å². The minimum Gasteiger partial charge on any atom is -0.508 e. The lowest BCUT2D eigenvalue weighted by molar-refractivity contribution is -0.142. The number of carboxylic acid groups (broad SMARTS) is 1. The van der Waals surface area contributed by atoms with E-state index in [2.05, 4.69) is 16.0 Å². The van der Waals surface area contributed by atoms with Crippen LogP contribution in [0.5, 0.6) is 5.75 Å². The molecule has 1 aromatic rings. The summed E-state index contributed by atoms with van der Waals surface area (Å²) in [7, 11) is 0. The molecule has 3 amide bonds. The van der Waals surface area contributed by atoms with Crippen molar-refractivity contribution in [2.45, 2.75) is 64.2 Å². The zero-order valence-corrected chi connectivity index (χ0v) is 20.9. The maximum atomic E-state index is 13.1. The van der Waals surface area contributed by atoms with Gasteiger partial charge in [-0.3, -0.25) is 14.4 Å². The van der Waals surface area contributed by atoms with Gasteiger partial charge in [-0.25, -0.2) is 4.79 Å². The van der Waals surface area contributed by atoms with E-state index in [4.69, 9.17) is 5.73 Å². The van der Waals surface area contributed by atoms with Gasteiger partial charge in [0.25, 0.3) is 0 Å². The number of phenolic OH excluding ortho intramolecular Hbond substituents is 1. The number of phenols is 1. The van der Waals surface area contributed by atoms with Crippen molar-refractivity contribution < 1.29 is 29.4 Å². The zero-order valence-electron chi connectivity index (χ0n) is 20.0. The number of hydrogen-bond donors (Lipinski definition) is 6. The SMILES string of the molecule is CSCCC(NC(=O)C(C)N)C(=O)NC(Cc1ccc(O)cc1)C(=O)NC(CC(C)C)C(=O)O. The highest BCUT2D eigenvalue weighted by Gasteiger charge is 2.30. The maximum Gasteiger partial charge on any atom is 0.326 e. The molecule has 190 valence electrons. The van der Waals surface area contributed by atoms with Gasteiger partial charge in [0.15, 0.2) is 0 Å². The van der Waals surface area contributed by atoms with Gasteiger partial charge in [-0.2, -0.15) is 11.8 Å². The van der Waals surface area contributed by atoms with Crippen molar-refractivity contribution in [1.29, 1.82) is 0 Å². The normalized spacial score (nSPS) is 14.5. The van der Waals surface area contributed by atoms with Gasteiger partial charge in [0.2, 0.25) is 17.7 Å². The summed E-state index contributed by atoms with van der Waals surface area (Å²) >= 11 is 1.50. The number of nitrogens with two attached hydrogens (primary N) is 1. The van der Waals surface area contributed by atoms with Crippen molar-refractivity contribution in [2.75, 3.05) is 12.0 Å². The van der Waals surface area contributed by atoms with E-state index in [1.54, 1.807) is 12.1 Å². The first kappa shape index (κ1) is 29.2. The van der Waals surface area contributed by atoms with Crippen molar-refractivity contribution in [3.8, 4) is 5.75 Å². The van der Waals surface area contributed by atoms with Crippen LogP contribution < -0.4 is 21.7 Å². The number of amides is 3. The summed E-state index contributed by atoms with van der Waals surface area (Å²) in [5.74, 6) is -2.23. The molecular formula is C23H36N4O6S. The van der Waals surface area contributed by atoms with Gasteiger partial charge in [-0.1, -0.05) is 26.0 Å². The van der Waals surface area contributed by atoms with E-state index in [0.717, 1.165) is 0 Å². The molecule has 4 unspecified atom stereocenters. The second-order valence-corrected chi connectivity index (χ2v) is 9.58. The molecule has 1 rings (SSSR count). The van der Waals surface area contributed by atoms with E-state index in [0.29, 0.717) is 17.7 Å². The van der Waals surface area contributed by atoms with E-state index in [1.165, 1.54) is 30.8 Å². The number of rotatable bonds is 14. The van der Waals surface area contributed by atoms with Crippen LogP contribution in [-0.4, -0.2) is 70.1 Å². The number of thioether (sulfide) groups is 1. The Balaban J connectivity index is 3.12. The molecule has 7 N–H and O–H groups in total. The molecular weight excluding hydrogens is 460 g/mol. The largest absolute Gasteiger partial charge is 0.508 e. The Labute approximate surface area is 204 Å². The first-order valence-electron chi connectivity index (χ1n) is 11.1. The number of aliphatic carboxylic acids is 1. The van der Waals surface area contributed by atoms with Crippen molar-refractivity contribution in [1.82, 2.24) is 16.0 Å². The molecule has 0 saturated carbocycles. The molecule has 0 radical (unpaired) electrons. The highest BCUT2D eigenvalue weighted by Crippen LogP contribution is 2.13. The number of carboxylic acids is 1. The fourth-order valence-corrected chi connectivity index (χ4v) is 3.59. The van der Waals surface area contributed by atoms with Crippen LogP contribution in [0.25, 0.3) is 0 Å². The Morgan fingerprint density at radius 1 is 0.912 bits per heavy atom. The Hall–Kier alpha value is -2.79. The minimum absolute atomic E-state index is 0.0240. The van der Waals surface area contributed by atoms with E-state index < -0.39 is 47.9 Å². The summed E-state index contributed by atoms with van der Waals surface area (Å²) in [6.07, 6.45) is 2.47. The number of carbonyl (C=O) groups excluding carboxylic acids is 3. The second-order valence-electron chi connectivity index (χ2n) is 8.59. The molecule has 0 spiro atoms.